The number of carbonyl (C=O) groups excluding carboxylic acids is 1. The van der Waals surface area contributed by atoms with E-state index in [4.69, 9.17) is 9.05 Å². The second-order valence-corrected chi connectivity index (χ2v) is 15.0. The van der Waals surface area contributed by atoms with Gasteiger partial charge in [0.1, 0.15) is 11.5 Å². The molecule has 0 aliphatic carbocycles. The number of anilines is 2. The monoisotopic (exact) mass is 587 g/mol. The quantitative estimate of drug-likeness (QED) is 0.354. The minimum atomic E-state index is -4.06. The zero-order chi connectivity index (χ0) is 27.6. The summed E-state index contributed by atoms with van der Waals surface area (Å²) in [5.74, 6) is -0.576. The Balaban J connectivity index is 1.62. The van der Waals surface area contributed by atoms with Crippen LogP contribution in [0.3, 0.4) is 0 Å². The first-order valence-electron chi connectivity index (χ1n) is 12.1. The van der Waals surface area contributed by atoms with Crippen LogP contribution in [-0.2, 0) is 29.4 Å². The van der Waals surface area contributed by atoms with Gasteiger partial charge >= 0.3 is 7.60 Å². The molecule has 2 aliphatic rings. The SMILES string of the molecule is CS(=O)(=O)Nc1ccc(OP(=O)(Oc2ccc(NS(C)(=O)=O)cc2)C2CCCN2C(=O)C2CCC[NH2+]2)cc1. The van der Waals surface area contributed by atoms with E-state index in [1.165, 1.54) is 48.5 Å². The van der Waals surface area contributed by atoms with Gasteiger partial charge in [0.15, 0.2) is 11.8 Å². The molecule has 2 aliphatic heterocycles. The van der Waals surface area contributed by atoms with Crippen molar-refractivity contribution in [3.8, 4) is 11.5 Å². The maximum Gasteiger partial charge on any atom is 0.453 e. The van der Waals surface area contributed by atoms with Crippen molar-refractivity contribution in [1.82, 2.24) is 4.90 Å². The Morgan fingerprint density at radius 1 is 0.868 bits per heavy atom. The number of hydrogen-bond donors (Lipinski definition) is 3. The van der Waals surface area contributed by atoms with Gasteiger partial charge in [-0.1, -0.05) is 0 Å². The van der Waals surface area contributed by atoms with Crippen LogP contribution in [0, 0.1) is 0 Å². The Morgan fingerprint density at radius 2 is 1.37 bits per heavy atom. The van der Waals surface area contributed by atoms with Crippen molar-refractivity contribution in [2.75, 3.05) is 35.0 Å². The van der Waals surface area contributed by atoms with E-state index in [1.807, 2.05) is 5.32 Å². The minimum absolute atomic E-state index is 0.0992. The van der Waals surface area contributed by atoms with Crippen LogP contribution in [0.5, 0.6) is 11.5 Å². The van der Waals surface area contributed by atoms with Crippen LogP contribution < -0.4 is 23.8 Å². The van der Waals surface area contributed by atoms with E-state index in [9.17, 15) is 26.2 Å². The number of amides is 1. The molecule has 38 heavy (non-hydrogen) atoms. The molecule has 4 rings (SSSR count). The average Bonchev–Trinajstić information content (AvgIpc) is 3.52. The lowest BCUT2D eigenvalue weighted by Gasteiger charge is -2.31. The number of likely N-dealkylation sites (tertiary alicyclic amines) is 1. The van der Waals surface area contributed by atoms with Crippen LogP contribution in [0.15, 0.2) is 48.5 Å². The van der Waals surface area contributed by atoms with Crippen LogP contribution in [0.2, 0.25) is 0 Å². The van der Waals surface area contributed by atoms with E-state index in [1.54, 1.807) is 4.90 Å². The maximum absolute atomic E-state index is 14.4. The number of hydrogen-bond acceptors (Lipinski definition) is 8. The van der Waals surface area contributed by atoms with E-state index in [2.05, 4.69) is 9.44 Å². The lowest BCUT2D eigenvalue weighted by Crippen LogP contribution is -2.89. The van der Waals surface area contributed by atoms with E-state index in [0.29, 0.717) is 30.8 Å². The summed E-state index contributed by atoms with van der Waals surface area (Å²) < 4.78 is 77.1. The lowest BCUT2D eigenvalue weighted by atomic mass is 10.2. The molecule has 2 heterocycles. The van der Waals surface area contributed by atoms with Gasteiger partial charge in [-0.3, -0.25) is 14.2 Å². The zero-order valence-electron chi connectivity index (χ0n) is 21.1. The molecule has 208 valence electrons. The number of benzene rings is 2. The van der Waals surface area contributed by atoms with Gasteiger partial charge in [0.2, 0.25) is 20.0 Å². The molecular weight excluding hydrogens is 555 g/mol. The van der Waals surface area contributed by atoms with E-state index >= 15 is 0 Å². The smallest absolute Gasteiger partial charge is 0.415 e. The highest BCUT2D eigenvalue weighted by atomic mass is 32.2. The fourth-order valence-electron chi connectivity index (χ4n) is 4.58. The van der Waals surface area contributed by atoms with Crippen molar-refractivity contribution in [3.63, 3.8) is 0 Å². The van der Waals surface area contributed by atoms with Crippen LogP contribution >= 0.6 is 7.60 Å². The van der Waals surface area contributed by atoms with Gasteiger partial charge in [-0.25, -0.2) is 21.4 Å². The number of nitrogens with two attached hydrogens (primary N) is 1. The Bertz CT molecular complexity index is 1330. The fraction of sp³-hybridized carbons (Fsp3) is 0.435. The van der Waals surface area contributed by atoms with Crippen molar-refractivity contribution in [2.24, 2.45) is 0 Å². The molecule has 15 heteroatoms. The summed E-state index contributed by atoms with van der Waals surface area (Å²) in [7, 11) is -11.0. The van der Waals surface area contributed by atoms with Crippen molar-refractivity contribution in [3.05, 3.63) is 48.5 Å². The normalized spacial score (nSPS) is 20.2. The van der Waals surface area contributed by atoms with Crippen LogP contribution in [0.1, 0.15) is 25.7 Å². The zero-order valence-corrected chi connectivity index (χ0v) is 23.6. The summed E-state index contributed by atoms with van der Waals surface area (Å²) in [5.41, 5.74) is 0.609. The molecule has 2 atom stereocenters. The van der Waals surface area contributed by atoms with Crippen LogP contribution in [-0.4, -0.2) is 65.1 Å². The molecule has 2 fully saturated rings. The van der Waals surface area contributed by atoms with E-state index in [-0.39, 0.29) is 23.4 Å². The molecule has 2 aromatic carbocycles. The highest BCUT2D eigenvalue weighted by Gasteiger charge is 2.49. The molecule has 0 saturated carbocycles. The number of nitrogens with one attached hydrogen (secondary N) is 2. The molecule has 4 N–H and O–H groups in total. The molecule has 0 spiro atoms. The number of nitrogens with zero attached hydrogens (tertiary/aromatic N) is 1. The highest BCUT2D eigenvalue weighted by Crippen LogP contribution is 2.57. The fourth-order valence-corrected chi connectivity index (χ4v) is 7.89. The molecule has 2 saturated heterocycles. The number of rotatable bonds is 10. The number of sulfonamides is 2. The van der Waals surface area contributed by atoms with Crippen molar-refractivity contribution >= 4 is 44.9 Å². The summed E-state index contributed by atoms with van der Waals surface area (Å²) >= 11 is 0. The largest absolute Gasteiger partial charge is 0.453 e. The molecule has 2 aromatic rings. The molecule has 0 radical (unpaired) electrons. The molecule has 2 unspecified atom stereocenters. The Hall–Kier alpha value is -2.80. The Labute approximate surface area is 222 Å². The number of quaternary nitrogens is 1. The second-order valence-electron chi connectivity index (χ2n) is 9.45. The van der Waals surface area contributed by atoms with Gasteiger partial charge in [-0.2, -0.15) is 0 Å². The van der Waals surface area contributed by atoms with Crippen LogP contribution in [0.25, 0.3) is 0 Å². The first kappa shape index (κ1) is 28.2. The average molecular weight is 588 g/mol. The van der Waals surface area contributed by atoms with Gasteiger partial charge < -0.3 is 19.3 Å². The topological polar surface area (TPSA) is 165 Å². The summed E-state index contributed by atoms with van der Waals surface area (Å²) in [6, 6.07) is 11.5. The molecule has 1 amide bonds. The van der Waals surface area contributed by atoms with Crippen LogP contribution in [0.4, 0.5) is 11.4 Å². The standard InChI is InChI=1S/C23H31N4O8PS2/c1-37(30,31)25-17-7-11-19(12-8-17)34-36(29,35-20-13-9-18(10-14-20)26-38(2,32)33)22-6-4-16-27(22)23(28)21-5-3-15-24-21/h7-14,21-22,24-26H,3-6,15-16H2,1-2H3/p+1. The lowest BCUT2D eigenvalue weighted by molar-refractivity contribution is -0.658. The molecule has 0 bridgehead atoms. The van der Waals surface area contributed by atoms with Gasteiger partial charge in [-0.15, -0.1) is 0 Å². The molecule has 12 nitrogen and oxygen atoms in total. The minimum Gasteiger partial charge on any atom is -0.415 e. The predicted molar refractivity (Wildman–Crippen MR) is 143 cm³/mol. The maximum atomic E-state index is 14.4. The predicted octanol–water partition coefficient (Wildman–Crippen LogP) is 1.75. The summed E-state index contributed by atoms with van der Waals surface area (Å²) in [6.45, 7) is 1.29. The van der Waals surface area contributed by atoms with Gasteiger partial charge in [0.05, 0.1) is 19.1 Å². The molecule has 0 aromatic heterocycles. The van der Waals surface area contributed by atoms with E-state index < -0.39 is 33.4 Å². The van der Waals surface area contributed by atoms with Gasteiger partial charge in [0.25, 0.3) is 5.91 Å². The first-order chi connectivity index (χ1) is 17.8. The van der Waals surface area contributed by atoms with Gasteiger partial charge in [0, 0.05) is 30.8 Å². The summed E-state index contributed by atoms with van der Waals surface area (Å²) in [5, 5.41) is 1.99. The second kappa shape index (κ2) is 11.1. The summed E-state index contributed by atoms with van der Waals surface area (Å²) in [4.78, 5) is 14.9. The molecular formula is C23H32N4O8PS2+. The van der Waals surface area contributed by atoms with Crippen molar-refractivity contribution in [2.45, 2.75) is 37.5 Å². The van der Waals surface area contributed by atoms with E-state index in [0.717, 1.165) is 31.9 Å². The third-order valence-electron chi connectivity index (χ3n) is 6.14. The Kier molecular flexibility index (Phi) is 8.26. The van der Waals surface area contributed by atoms with Crippen molar-refractivity contribution < 1.29 is 40.6 Å². The van der Waals surface area contributed by atoms with Crippen molar-refractivity contribution in [1.29, 1.82) is 0 Å². The first-order valence-corrected chi connectivity index (χ1v) is 17.5. The summed E-state index contributed by atoms with van der Waals surface area (Å²) in [6.07, 6.45) is 4.79. The Morgan fingerprint density at radius 3 is 1.79 bits per heavy atom. The third-order valence-corrected chi connectivity index (χ3v) is 9.55. The number of carbonyl (C=O) groups is 1. The highest BCUT2D eigenvalue weighted by molar-refractivity contribution is 7.92. The van der Waals surface area contributed by atoms with Gasteiger partial charge in [-0.05, 0) is 61.4 Å². The third kappa shape index (κ3) is 7.40.